The van der Waals surface area contributed by atoms with Crippen LogP contribution in [0.15, 0.2) is 30.4 Å². The van der Waals surface area contributed by atoms with Crippen LogP contribution >= 0.6 is 11.6 Å². The molecular formula is C21H21ClN2O3. The molecule has 0 unspecified atom stereocenters. The molecule has 3 amide bonds. The summed E-state index contributed by atoms with van der Waals surface area (Å²) in [5.74, 6) is 0.543. The van der Waals surface area contributed by atoms with Crippen molar-refractivity contribution in [1.82, 2.24) is 4.90 Å². The van der Waals surface area contributed by atoms with Crippen LogP contribution < -0.4 is 4.90 Å². The molecule has 4 aliphatic carbocycles. The molecule has 6 heteroatoms. The molecule has 3 fully saturated rings. The van der Waals surface area contributed by atoms with E-state index in [1.165, 1.54) is 16.7 Å². The number of carbonyl (C=O) groups is 3. The lowest BCUT2D eigenvalue weighted by Gasteiger charge is -2.37. The lowest BCUT2D eigenvalue weighted by Crippen LogP contribution is -2.44. The van der Waals surface area contributed by atoms with Crippen LogP contribution in [0.5, 0.6) is 0 Å². The molecule has 0 radical (unpaired) electrons. The van der Waals surface area contributed by atoms with Crippen molar-refractivity contribution in [3.05, 3.63) is 40.9 Å². The number of carbonyl (C=O) groups excluding carboxylic acids is 3. The number of nitrogens with zero attached hydrogens (tertiary/aromatic N) is 2. The van der Waals surface area contributed by atoms with Gasteiger partial charge in [0.1, 0.15) is 6.67 Å². The lowest BCUT2D eigenvalue weighted by molar-refractivity contribution is -0.140. The van der Waals surface area contributed by atoms with Crippen molar-refractivity contribution in [2.45, 2.75) is 20.3 Å². The molecule has 2 bridgehead atoms. The Morgan fingerprint density at radius 3 is 2.30 bits per heavy atom. The standard InChI is InChI=1S/C21H21ClN2O3/c1-10-16(22)4-3-5-17(10)23(11(2)25)9-24-20(26)18-12-6-7-13(15-8-14(12)15)19(18)21(24)27/h3-7,12-15,18-19H,8-9H2,1-2H3/t12-,13-,14-,15-,18+,19+/m1/s1. The zero-order valence-electron chi connectivity index (χ0n) is 15.3. The highest BCUT2D eigenvalue weighted by Gasteiger charge is 2.67. The Kier molecular flexibility index (Phi) is 3.57. The Labute approximate surface area is 163 Å². The monoisotopic (exact) mass is 384 g/mol. The van der Waals surface area contributed by atoms with E-state index in [0.717, 1.165) is 12.0 Å². The van der Waals surface area contributed by atoms with Crippen LogP contribution in [0.4, 0.5) is 5.69 Å². The number of likely N-dealkylation sites (tertiary alicyclic amines) is 1. The summed E-state index contributed by atoms with van der Waals surface area (Å²) in [4.78, 5) is 41.4. The molecule has 1 aliphatic heterocycles. The van der Waals surface area contributed by atoms with Crippen molar-refractivity contribution >= 4 is 35.0 Å². The molecule has 1 aromatic rings. The smallest absolute Gasteiger partial charge is 0.235 e. The SMILES string of the molecule is CC(=O)N(CN1C(=O)[C@H]2[C@@H]3C=C[C@H]([C@H]4C[C@H]34)[C@@H]2C1=O)c1cccc(Cl)c1C. The quantitative estimate of drug-likeness (QED) is 0.594. The predicted octanol–water partition coefficient (Wildman–Crippen LogP) is 3.01. The van der Waals surface area contributed by atoms with Crippen molar-refractivity contribution in [2.75, 3.05) is 11.6 Å². The maximum Gasteiger partial charge on any atom is 0.235 e. The third kappa shape index (κ3) is 2.27. The van der Waals surface area contributed by atoms with E-state index in [1.54, 1.807) is 18.2 Å². The van der Waals surface area contributed by atoms with Crippen LogP contribution in [0, 0.1) is 42.4 Å². The fourth-order valence-corrected chi connectivity index (χ4v) is 5.70. The van der Waals surface area contributed by atoms with E-state index < -0.39 is 0 Å². The highest BCUT2D eigenvalue weighted by molar-refractivity contribution is 6.31. The van der Waals surface area contributed by atoms with E-state index in [1.807, 2.05) is 6.92 Å². The summed E-state index contributed by atoms with van der Waals surface area (Å²) >= 11 is 6.21. The average molecular weight is 385 g/mol. The fraction of sp³-hybridized carbons (Fsp3) is 0.476. The summed E-state index contributed by atoms with van der Waals surface area (Å²) in [5.41, 5.74) is 1.39. The fourth-order valence-electron chi connectivity index (χ4n) is 5.53. The Bertz CT molecular complexity index is 875. The highest BCUT2D eigenvalue weighted by atomic mass is 35.5. The van der Waals surface area contributed by atoms with Crippen molar-refractivity contribution in [1.29, 1.82) is 0 Å². The molecule has 6 atom stereocenters. The minimum Gasteiger partial charge on any atom is -0.294 e. The van der Waals surface area contributed by atoms with Gasteiger partial charge in [-0.3, -0.25) is 24.2 Å². The number of anilines is 1. The Morgan fingerprint density at radius 2 is 1.74 bits per heavy atom. The van der Waals surface area contributed by atoms with Gasteiger partial charge in [-0.1, -0.05) is 29.8 Å². The van der Waals surface area contributed by atoms with E-state index in [4.69, 9.17) is 11.6 Å². The second-order valence-electron chi connectivity index (χ2n) is 8.23. The van der Waals surface area contributed by atoms with Crippen LogP contribution in [0.3, 0.4) is 0 Å². The predicted molar refractivity (Wildman–Crippen MR) is 101 cm³/mol. The number of rotatable bonds is 3. The molecule has 0 N–H and O–H groups in total. The first-order chi connectivity index (χ1) is 12.9. The van der Waals surface area contributed by atoms with Gasteiger partial charge >= 0.3 is 0 Å². The van der Waals surface area contributed by atoms with Gasteiger partial charge < -0.3 is 0 Å². The van der Waals surface area contributed by atoms with Crippen LogP contribution in [0.25, 0.3) is 0 Å². The Balaban J connectivity index is 1.47. The van der Waals surface area contributed by atoms with Gasteiger partial charge in [-0.15, -0.1) is 0 Å². The summed E-state index contributed by atoms with van der Waals surface area (Å²) in [7, 11) is 0. The van der Waals surface area contributed by atoms with Crippen LogP contribution in [-0.4, -0.2) is 29.3 Å². The van der Waals surface area contributed by atoms with E-state index in [0.29, 0.717) is 22.5 Å². The molecule has 140 valence electrons. The molecule has 1 saturated heterocycles. The molecule has 0 spiro atoms. The zero-order chi connectivity index (χ0) is 19.0. The largest absolute Gasteiger partial charge is 0.294 e. The van der Waals surface area contributed by atoms with Gasteiger partial charge in [-0.05, 0) is 54.7 Å². The van der Waals surface area contributed by atoms with Gasteiger partial charge in [0.05, 0.1) is 11.8 Å². The van der Waals surface area contributed by atoms with Crippen molar-refractivity contribution < 1.29 is 14.4 Å². The number of benzene rings is 1. The van der Waals surface area contributed by atoms with Crippen molar-refractivity contribution in [2.24, 2.45) is 35.5 Å². The molecule has 0 aromatic heterocycles. The minimum atomic E-state index is -0.245. The Hall–Kier alpha value is -2.14. The average Bonchev–Trinajstić information content (AvgIpc) is 3.42. The molecule has 5 aliphatic rings. The summed E-state index contributed by atoms with van der Waals surface area (Å²) in [6.07, 6.45) is 5.44. The molecule has 27 heavy (non-hydrogen) atoms. The van der Waals surface area contributed by atoms with Gasteiger partial charge in [-0.25, -0.2) is 0 Å². The zero-order valence-corrected chi connectivity index (χ0v) is 16.0. The lowest BCUT2D eigenvalue weighted by atomic mass is 9.63. The topological polar surface area (TPSA) is 57.7 Å². The minimum absolute atomic E-state index is 0.0457. The number of allylic oxidation sites excluding steroid dienone is 2. The van der Waals surface area contributed by atoms with Gasteiger partial charge in [0.15, 0.2) is 0 Å². The number of amides is 3. The number of hydrogen-bond donors (Lipinski definition) is 0. The third-order valence-corrected chi connectivity index (χ3v) is 7.36. The van der Waals surface area contributed by atoms with Gasteiger partial charge in [0.2, 0.25) is 17.7 Å². The molecule has 1 aromatic carbocycles. The first-order valence-corrected chi connectivity index (χ1v) is 9.84. The highest BCUT2D eigenvalue weighted by Crippen LogP contribution is 2.65. The summed E-state index contributed by atoms with van der Waals surface area (Å²) in [5, 5.41) is 0.550. The molecule has 5 nitrogen and oxygen atoms in total. The second-order valence-corrected chi connectivity index (χ2v) is 8.64. The summed E-state index contributed by atoms with van der Waals surface area (Å²) in [6.45, 7) is 3.23. The van der Waals surface area contributed by atoms with Crippen LogP contribution in [-0.2, 0) is 14.4 Å². The number of halogens is 1. The molecule has 1 heterocycles. The van der Waals surface area contributed by atoms with Gasteiger partial charge in [0, 0.05) is 17.6 Å². The van der Waals surface area contributed by atoms with Crippen molar-refractivity contribution in [3.63, 3.8) is 0 Å². The Morgan fingerprint density at radius 1 is 1.15 bits per heavy atom. The van der Waals surface area contributed by atoms with E-state index in [-0.39, 0.29) is 48.1 Å². The second kappa shape index (κ2) is 5.68. The number of hydrogen-bond acceptors (Lipinski definition) is 3. The first-order valence-electron chi connectivity index (χ1n) is 9.47. The normalized spacial score (nSPS) is 35.3. The third-order valence-electron chi connectivity index (χ3n) is 6.95. The first kappa shape index (κ1) is 17.0. The summed E-state index contributed by atoms with van der Waals surface area (Å²) < 4.78 is 0. The van der Waals surface area contributed by atoms with Gasteiger partial charge in [0.25, 0.3) is 0 Å². The molecular weight excluding hydrogens is 364 g/mol. The summed E-state index contributed by atoms with van der Waals surface area (Å²) in [6, 6.07) is 5.32. The number of imide groups is 1. The van der Waals surface area contributed by atoms with Crippen LogP contribution in [0.2, 0.25) is 5.02 Å². The van der Waals surface area contributed by atoms with E-state index >= 15 is 0 Å². The van der Waals surface area contributed by atoms with Crippen molar-refractivity contribution in [3.8, 4) is 0 Å². The molecule has 6 rings (SSSR count). The van der Waals surface area contributed by atoms with Crippen LogP contribution in [0.1, 0.15) is 18.9 Å². The maximum atomic E-state index is 13.2. The molecule has 2 saturated carbocycles. The van der Waals surface area contributed by atoms with Gasteiger partial charge in [-0.2, -0.15) is 0 Å². The van der Waals surface area contributed by atoms with E-state index in [2.05, 4.69) is 12.2 Å². The van der Waals surface area contributed by atoms with E-state index in [9.17, 15) is 14.4 Å². The maximum absolute atomic E-state index is 13.2.